The Morgan fingerprint density at radius 2 is 1.69 bits per heavy atom. The van der Waals surface area contributed by atoms with Gasteiger partial charge >= 0.3 is 0 Å². The van der Waals surface area contributed by atoms with Gasteiger partial charge in [0.25, 0.3) is 0 Å². The highest BCUT2D eigenvalue weighted by Gasteiger charge is 2.06. The van der Waals surface area contributed by atoms with Crippen LogP contribution in [0.4, 0.5) is 0 Å². The molecule has 0 saturated heterocycles. The smallest absolute Gasteiger partial charge is 0.129 e. The normalized spacial score (nSPS) is 10.3. The number of aromatic hydroxyl groups is 2. The van der Waals surface area contributed by atoms with E-state index in [9.17, 15) is 10.2 Å². The monoisotopic (exact) mass is 296 g/mol. The van der Waals surface area contributed by atoms with Crippen LogP contribution in [0.2, 0.25) is 0 Å². The van der Waals surface area contributed by atoms with E-state index in [1.165, 1.54) is 23.9 Å². The quantitative estimate of drug-likeness (QED) is 0.823. The van der Waals surface area contributed by atoms with E-state index >= 15 is 0 Å². The van der Waals surface area contributed by atoms with Crippen molar-refractivity contribution >= 4 is 27.7 Å². The highest BCUT2D eigenvalue weighted by atomic mass is 79.9. The Morgan fingerprint density at radius 3 is 2.44 bits per heavy atom. The predicted octanol–water partition coefficient (Wildman–Crippen LogP) is 4.01. The lowest BCUT2D eigenvalue weighted by molar-refractivity contribution is 0.448. The number of halogens is 1. The molecule has 0 radical (unpaired) electrons. The molecule has 0 heterocycles. The standard InChI is InChI=1S/C12H9BrO2S/c13-9-3-1-2-4-11(9)16-12-7-8(14)5-6-10(12)15/h1-7,14-15H. The molecule has 0 aromatic heterocycles. The van der Waals surface area contributed by atoms with Gasteiger partial charge in [-0.2, -0.15) is 0 Å². The molecule has 0 saturated carbocycles. The molecule has 2 nitrogen and oxygen atoms in total. The van der Waals surface area contributed by atoms with E-state index in [1.54, 1.807) is 6.07 Å². The summed E-state index contributed by atoms with van der Waals surface area (Å²) in [5.74, 6) is 0.311. The molecule has 2 N–H and O–H groups in total. The zero-order valence-corrected chi connectivity index (χ0v) is 10.6. The van der Waals surface area contributed by atoms with E-state index in [2.05, 4.69) is 15.9 Å². The predicted molar refractivity (Wildman–Crippen MR) is 68.0 cm³/mol. The molecule has 0 aliphatic heterocycles. The summed E-state index contributed by atoms with van der Waals surface area (Å²) in [5.41, 5.74) is 0. The van der Waals surface area contributed by atoms with E-state index in [-0.39, 0.29) is 11.5 Å². The van der Waals surface area contributed by atoms with Crippen molar-refractivity contribution in [2.75, 3.05) is 0 Å². The lowest BCUT2D eigenvalue weighted by Gasteiger charge is -2.06. The highest BCUT2D eigenvalue weighted by Crippen LogP contribution is 2.39. The fraction of sp³-hybridized carbons (Fsp3) is 0. The van der Waals surface area contributed by atoms with Crippen LogP contribution in [0.3, 0.4) is 0 Å². The van der Waals surface area contributed by atoms with Crippen molar-refractivity contribution in [3.05, 3.63) is 46.9 Å². The van der Waals surface area contributed by atoms with Crippen molar-refractivity contribution in [3.63, 3.8) is 0 Å². The number of phenolic OH excluding ortho intramolecular Hbond substituents is 2. The maximum Gasteiger partial charge on any atom is 0.129 e. The second-order valence-electron chi connectivity index (χ2n) is 3.18. The second-order valence-corrected chi connectivity index (χ2v) is 5.12. The number of benzene rings is 2. The average Bonchev–Trinajstić information content (AvgIpc) is 2.27. The molecule has 4 heteroatoms. The van der Waals surface area contributed by atoms with Gasteiger partial charge in [0.2, 0.25) is 0 Å². The molecule has 0 amide bonds. The van der Waals surface area contributed by atoms with Crippen molar-refractivity contribution in [1.82, 2.24) is 0 Å². The van der Waals surface area contributed by atoms with Crippen LogP contribution in [-0.4, -0.2) is 10.2 Å². The summed E-state index contributed by atoms with van der Waals surface area (Å²) in [7, 11) is 0. The van der Waals surface area contributed by atoms with Crippen LogP contribution in [0.25, 0.3) is 0 Å². The largest absolute Gasteiger partial charge is 0.508 e. The SMILES string of the molecule is Oc1ccc(O)c(Sc2ccccc2Br)c1. The minimum absolute atomic E-state index is 0.146. The first-order valence-electron chi connectivity index (χ1n) is 4.61. The van der Waals surface area contributed by atoms with Gasteiger partial charge in [-0.3, -0.25) is 0 Å². The first-order valence-corrected chi connectivity index (χ1v) is 6.22. The maximum absolute atomic E-state index is 9.64. The van der Waals surface area contributed by atoms with Gasteiger partial charge in [0.1, 0.15) is 11.5 Å². The zero-order chi connectivity index (χ0) is 11.5. The Balaban J connectivity index is 2.34. The summed E-state index contributed by atoms with van der Waals surface area (Å²) in [5, 5.41) is 19.0. The Kier molecular flexibility index (Phi) is 3.41. The molecule has 0 bridgehead atoms. The van der Waals surface area contributed by atoms with Gasteiger partial charge in [0.15, 0.2) is 0 Å². The third-order valence-electron chi connectivity index (χ3n) is 2.00. The molecule has 0 unspecified atom stereocenters. The Bertz CT molecular complexity index is 514. The minimum atomic E-state index is 0.146. The van der Waals surface area contributed by atoms with Crippen molar-refractivity contribution in [1.29, 1.82) is 0 Å². The molecular weight excluding hydrogens is 288 g/mol. The topological polar surface area (TPSA) is 40.5 Å². The van der Waals surface area contributed by atoms with E-state index in [4.69, 9.17) is 0 Å². The molecule has 2 aromatic rings. The highest BCUT2D eigenvalue weighted by molar-refractivity contribution is 9.10. The van der Waals surface area contributed by atoms with Crippen LogP contribution >= 0.6 is 27.7 Å². The molecule has 2 rings (SSSR count). The van der Waals surface area contributed by atoms with Crippen LogP contribution in [0.5, 0.6) is 11.5 Å². The second kappa shape index (κ2) is 4.80. The minimum Gasteiger partial charge on any atom is -0.508 e. The van der Waals surface area contributed by atoms with Crippen LogP contribution in [0.15, 0.2) is 56.7 Å². The van der Waals surface area contributed by atoms with E-state index in [0.29, 0.717) is 4.90 Å². The van der Waals surface area contributed by atoms with Gasteiger partial charge in [0, 0.05) is 9.37 Å². The van der Waals surface area contributed by atoms with Crippen molar-refractivity contribution in [3.8, 4) is 11.5 Å². The van der Waals surface area contributed by atoms with Gasteiger partial charge in [-0.25, -0.2) is 0 Å². The van der Waals surface area contributed by atoms with Gasteiger partial charge in [0.05, 0.1) is 4.90 Å². The van der Waals surface area contributed by atoms with Crippen molar-refractivity contribution in [2.45, 2.75) is 9.79 Å². The Hall–Kier alpha value is -1.13. The first-order chi connectivity index (χ1) is 7.66. The van der Waals surface area contributed by atoms with Crippen LogP contribution in [0, 0.1) is 0 Å². The van der Waals surface area contributed by atoms with E-state index < -0.39 is 0 Å². The third-order valence-corrected chi connectivity index (χ3v) is 4.08. The molecular formula is C12H9BrO2S. The third kappa shape index (κ3) is 2.51. The Morgan fingerprint density at radius 1 is 0.938 bits per heavy atom. The fourth-order valence-corrected chi connectivity index (χ4v) is 2.66. The van der Waals surface area contributed by atoms with Crippen molar-refractivity contribution in [2.24, 2.45) is 0 Å². The molecule has 82 valence electrons. The van der Waals surface area contributed by atoms with Crippen LogP contribution in [-0.2, 0) is 0 Å². The summed E-state index contributed by atoms with van der Waals surface area (Å²) in [6.07, 6.45) is 0. The molecule has 0 aliphatic rings. The summed E-state index contributed by atoms with van der Waals surface area (Å²) in [4.78, 5) is 1.62. The van der Waals surface area contributed by atoms with Gasteiger partial charge < -0.3 is 10.2 Å². The molecule has 16 heavy (non-hydrogen) atoms. The average molecular weight is 297 g/mol. The van der Waals surface area contributed by atoms with Crippen molar-refractivity contribution < 1.29 is 10.2 Å². The fourth-order valence-electron chi connectivity index (χ4n) is 1.23. The first kappa shape index (κ1) is 11.4. The van der Waals surface area contributed by atoms with Gasteiger partial charge in [-0.05, 0) is 46.3 Å². The summed E-state index contributed by atoms with van der Waals surface area (Å²) in [6, 6.07) is 12.2. The van der Waals surface area contributed by atoms with Crippen LogP contribution < -0.4 is 0 Å². The summed E-state index contributed by atoms with van der Waals surface area (Å²) in [6.45, 7) is 0. The number of phenols is 2. The summed E-state index contributed by atoms with van der Waals surface area (Å²) >= 11 is 4.83. The number of rotatable bonds is 2. The molecule has 0 spiro atoms. The van der Waals surface area contributed by atoms with E-state index in [1.807, 2.05) is 24.3 Å². The van der Waals surface area contributed by atoms with Gasteiger partial charge in [-0.1, -0.05) is 23.9 Å². The lowest BCUT2D eigenvalue weighted by atomic mass is 10.3. The van der Waals surface area contributed by atoms with E-state index in [0.717, 1.165) is 9.37 Å². The maximum atomic E-state index is 9.64. The molecule has 0 fully saturated rings. The van der Waals surface area contributed by atoms with Crippen LogP contribution in [0.1, 0.15) is 0 Å². The number of hydrogen-bond acceptors (Lipinski definition) is 3. The van der Waals surface area contributed by atoms with Gasteiger partial charge in [-0.15, -0.1) is 0 Å². The molecule has 0 atom stereocenters. The number of hydrogen-bond donors (Lipinski definition) is 2. The summed E-state index contributed by atoms with van der Waals surface area (Å²) < 4.78 is 0.961. The zero-order valence-electron chi connectivity index (χ0n) is 8.22. The molecule has 2 aromatic carbocycles. The molecule has 0 aliphatic carbocycles. The lowest BCUT2D eigenvalue weighted by Crippen LogP contribution is -1.77. The Labute approximate surface area is 106 Å².